The van der Waals surface area contributed by atoms with Crippen LogP contribution in [0.4, 0.5) is 23.1 Å². The van der Waals surface area contributed by atoms with Crippen molar-refractivity contribution in [1.29, 1.82) is 0 Å². The van der Waals surface area contributed by atoms with Crippen LogP contribution in [0.15, 0.2) is 24.7 Å². The van der Waals surface area contributed by atoms with E-state index in [0.717, 1.165) is 31.2 Å². The van der Waals surface area contributed by atoms with Crippen molar-refractivity contribution in [3.63, 3.8) is 0 Å². The maximum atomic E-state index is 11.6. The molecule has 2 heterocycles. The molecule has 2 aromatic rings. The second-order valence-electron chi connectivity index (χ2n) is 6.00. The van der Waals surface area contributed by atoms with E-state index >= 15 is 0 Å². The van der Waals surface area contributed by atoms with E-state index < -0.39 is 4.92 Å². The summed E-state index contributed by atoms with van der Waals surface area (Å²) in [5, 5.41) is 17.7. The molecule has 0 atom stereocenters. The quantitative estimate of drug-likeness (QED) is 0.638. The van der Waals surface area contributed by atoms with Gasteiger partial charge in [0.15, 0.2) is 0 Å². The first kappa shape index (κ1) is 16.1. The van der Waals surface area contributed by atoms with Crippen LogP contribution in [-0.2, 0) is 0 Å². The molecule has 0 bridgehead atoms. The Morgan fingerprint density at radius 3 is 2.62 bits per heavy atom. The van der Waals surface area contributed by atoms with Crippen molar-refractivity contribution >= 4 is 23.1 Å². The summed E-state index contributed by atoms with van der Waals surface area (Å²) in [5.41, 5.74) is 0.858. The van der Waals surface area contributed by atoms with E-state index in [-0.39, 0.29) is 23.4 Å². The van der Waals surface area contributed by atoms with E-state index in [9.17, 15) is 10.1 Å². The number of nitro groups is 1. The molecule has 3 rings (SSSR count). The Labute approximate surface area is 139 Å². The van der Waals surface area contributed by atoms with Crippen molar-refractivity contribution < 1.29 is 4.92 Å². The maximum absolute atomic E-state index is 11.6. The number of hydrogen-bond acceptors (Lipinski definition) is 7. The van der Waals surface area contributed by atoms with Crippen molar-refractivity contribution in [3.05, 3.63) is 40.3 Å². The van der Waals surface area contributed by atoms with Gasteiger partial charge in [0.1, 0.15) is 12.1 Å². The summed E-state index contributed by atoms with van der Waals surface area (Å²) in [5.74, 6) is 0.920. The van der Waals surface area contributed by atoms with Gasteiger partial charge >= 0.3 is 5.69 Å². The molecule has 8 heteroatoms. The first-order valence-electron chi connectivity index (χ1n) is 8.09. The van der Waals surface area contributed by atoms with Gasteiger partial charge in [0.05, 0.1) is 4.92 Å². The molecule has 0 unspecified atom stereocenters. The van der Waals surface area contributed by atoms with Gasteiger partial charge in [-0.25, -0.2) is 15.0 Å². The lowest BCUT2D eigenvalue weighted by Crippen LogP contribution is -2.23. The smallest absolute Gasteiger partial charge is 0.353 e. The molecule has 0 spiro atoms. The molecule has 8 nitrogen and oxygen atoms in total. The summed E-state index contributed by atoms with van der Waals surface area (Å²) in [6, 6.07) is 3.88. The average Bonchev–Trinajstić information content (AvgIpc) is 2.56. The Morgan fingerprint density at radius 2 is 1.92 bits per heavy atom. The zero-order valence-electron chi connectivity index (χ0n) is 13.5. The normalized spacial score (nSPS) is 15.0. The van der Waals surface area contributed by atoms with Crippen molar-refractivity contribution in [3.8, 4) is 0 Å². The summed E-state index contributed by atoms with van der Waals surface area (Å²) in [6.45, 7) is 1.93. The molecule has 1 aliphatic carbocycles. The molecule has 0 aromatic carbocycles. The van der Waals surface area contributed by atoms with Crippen LogP contribution in [0.1, 0.15) is 37.7 Å². The molecule has 2 N–H and O–H groups in total. The zero-order chi connectivity index (χ0) is 16.9. The van der Waals surface area contributed by atoms with Gasteiger partial charge < -0.3 is 10.6 Å². The standard InChI is InChI=1S/C16H20N6O2/c1-11-7-8-17-13(9-11)21-16-14(22(23)24)15(18-10-19-16)20-12-5-3-2-4-6-12/h7-10,12H,2-6H2,1H3,(H2,17,18,19,20,21). The van der Waals surface area contributed by atoms with Gasteiger partial charge in [0.25, 0.3) is 0 Å². The number of nitrogens with zero attached hydrogens (tertiary/aromatic N) is 4. The average molecular weight is 328 g/mol. The lowest BCUT2D eigenvalue weighted by Gasteiger charge is -2.23. The number of rotatable bonds is 5. The molecular formula is C16H20N6O2. The van der Waals surface area contributed by atoms with Crippen molar-refractivity contribution in [2.75, 3.05) is 10.6 Å². The predicted octanol–water partition coefficient (Wildman–Crippen LogP) is 3.58. The van der Waals surface area contributed by atoms with Crippen LogP contribution in [-0.4, -0.2) is 25.9 Å². The van der Waals surface area contributed by atoms with E-state index in [1.165, 1.54) is 12.7 Å². The second-order valence-corrected chi connectivity index (χ2v) is 6.00. The Hall–Kier alpha value is -2.77. The third-order valence-electron chi connectivity index (χ3n) is 4.11. The number of pyridine rings is 1. The van der Waals surface area contributed by atoms with Crippen LogP contribution in [0.3, 0.4) is 0 Å². The van der Waals surface area contributed by atoms with Crippen LogP contribution in [0.5, 0.6) is 0 Å². The minimum Gasteiger partial charge on any atom is -0.361 e. The highest BCUT2D eigenvalue weighted by Gasteiger charge is 2.25. The summed E-state index contributed by atoms with van der Waals surface area (Å²) in [6.07, 6.45) is 8.47. The summed E-state index contributed by atoms with van der Waals surface area (Å²) in [7, 11) is 0. The molecule has 0 aliphatic heterocycles. The third-order valence-corrected chi connectivity index (χ3v) is 4.11. The Bertz CT molecular complexity index is 730. The van der Waals surface area contributed by atoms with Crippen LogP contribution >= 0.6 is 0 Å². The zero-order valence-corrected chi connectivity index (χ0v) is 13.5. The first-order chi connectivity index (χ1) is 11.6. The number of anilines is 3. The van der Waals surface area contributed by atoms with Gasteiger partial charge in [-0.15, -0.1) is 0 Å². The summed E-state index contributed by atoms with van der Waals surface area (Å²) >= 11 is 0. The van der Waals surface area contributed by atoms with E-state index in [0.29, 0.717) is 5.82 Å². The van der Waals surface area contributed by atoms with Crippen molar-refractivity contribution in [2.45, 2.75) is 45.1 Å². The molecule has 0 saturated heterocycles. The number of hydrogen-bond donors (Lipinski definition) is 2. The Morgan fingerprint density at radius 1 is 1.17 bits per heavy atom. The Balaban J connectivity index is 1.88. The largest absolute Gasteiger partial charge is 0.361 e. The molecule has 1 aliphatic rings. The highest BCUT2D eigenvalue weighted by molar-refractivity contribution is 5.73. The van der Waals surface area contributed by atoms with Gasteiger partial charge in [0.2, 0.25) is 11.6 Å². The topological polar surface area (TPSA) is 106 Å². The number of aryl methyl sites for hydroxylation is 1. The van der Waals surface area contributed by atoms with Gasteiger partial charge in [0, 0.05) is 12.2 Å². The molecule has 1 saturated carbocycles. The molecule has 0 amide bonds. The van der Waals surface area contributed by atoms with Crippen LogP contribution in [0.2, 0.25) is 0 Å². The van der Waals surface area contributed by atoms with Crippen molar-refractivity contribution in [2.24, 2.45) is 0 Å². The minimum atomic E-state index is -0.455. The molecule has 2 aromatic heterocycles. The molecule has 1 fully saturated rings. The molecular weight excluding hydrogens is 308 g/mol. The predicted molar refractivity (Wildman–Crippen MR) is 91.4 cm³/mol. The third kappa shape index (κ3) is 3.76. The van der Waals surface area contributed by atoms with E-state index in [2.05, 4.69) is 25.6 Å². The number of aromatic nitrogens is 3. The van der Waals surface area contributed by atoms with Gasteiger partial charge in [-0.05, 0) is 37.5 Å². The SMILES string of the molecule is Cc1ccnc(Nc2ncnc(NC3CCCCC3)c2[N+](=O)[O-])c1. The van der Waals surface area contributed by atoms with Gasteiger partial charge in [-0.3, -0.25) is 10.1 Å². The lowest BCUT2D eigenvalue weighted by molar-refractivity contribution is -0.383. The Kier molecular flexibility index (Phi) is 4.83. The van der Waals surface area contributed by atoms with Gasteiger partial charge in [-0.1, -0.05) is 19.3 Å². The maximum Gasteiger partial charge on any atom is 0.353 e. The van der Waals surface area contributed by atoms with Gasteiger partial charge in [-0.2, -0.15) is 0 Å². The van der Waals surface area contributed by atoms with Crippen LogP contribution in [0.25, 0.3) is 0 Å². The van der Waals surface area contributed by atoms with Crippen molar-refractivity contribution in [1.82, 2.24) is 15.0 Å². The van der Waals surface area contributed by atoms with E-state index in [4.69, 9.17) is 0 Å². The van der Waals surface area contributed by atoms with Crippen LogP contribution < -0.4 is 10.6 Å². The number of nitrogens with one attached hydrogen (secondary N) is 2. The van der Waals surface area contributed by atoms with E-state index in [1.807, 2.05) is 13.0 Å². The summed E-state index contributed by atoms with van der Waals surface area (Å²) in [4.78, 5) is 23.4. The lowest BCUT2D eigenvalue weighted by atomic mass is 9.95. The van der Waals surface area contributed by atoms with Crippen LogP contribution in [0, 0.1) is 17.0 Å². The minimum absolute atomic E-state index is 0.145. The second kappa shape index (κ2) is 7.20. The monoisotopic (exact) mass is 328 g/mol. The molecule has 0 radical (unpaired) electrons. The summed E-state index contributed by atoms with van der Waals surface area (Å²) < 4.78 is 0. The first-order valence-corrected chi connectivity index (χ1v) is 8.09. The fraction of sp³-hybridized carbons (Fsp3) is 0.438. The molecule has 24 heavy (non-hydrogen) atoms. The highest BCUT2D eigenvalue weighted by Crippen LogP contribution is 2.32. The fourth-order valence-corrected chi connectivity index (χ4v) is 2.91. The molecule has 126 valence electrons. The van der Waals surface area contributed by atoms with E-state index in [1.54, 1.807) is 12.3 Å². The highest BCUT2D eigenvalue weighted by atomic mass is 16.6. The fourth-order valence-electron chi connectivity index (χ4n) is 2.91.